The molecule has 4 nitrogen and oxygen atoms in total. The second-order valence-corrected chi connectivity index (χ2v) is 4.97. The van der Waals surface area contributed by atoms with Gasteiger partial charge in [-0.25, -0.2) is 5.84 Å². The highest BCUT2D eigenvalue weighted by molar-refractivity contribution is 5.78. The Hall–Kier alpha value is -0.610. The Morgan fingerprint density at radius 3 is 2.69 bits per heavy atom. The Morgan fingerprint density at radius 1 is 1.38 bits per heavy atom. The highest BCUT2D eigenvalue weighted by Crippen LogP contribution is 2.22. The van der Waals surface area contributed by atoms with Crippen molar-refractivity contribution in [2.75, 3.05) is 6.54 Å². The minimum Gasteiger partial charge on any atom is -0.297 e. The van der Waals surface area contributed by atoms with Gasteiger partial charge in [0.05, 0.1) is 5.92 Å². The van der Waals surface area contributed by atoms with Crippen LogP contribution in [0.3, 0.4) is 0 Å². The van der Waals surface area contributed by atoms with E-state index in [1.165, 1.54) is 25.7 Å². The molecule has 0 aromatic carbocycles. The van der Waals surface area contributed by atoms with Crippen LogP contribution in [0, 0.1) is 5.92 Å². The topological polar surface area (TPSA) is 58.4 Å². The Morgan fingerprint density at radius 2 is 2.06 bits per heavy atom. The number of nitrogens with two attached hydrogens (primary N) is 1. The maximum atomic E-state index is 11.5. The van der Waals surface area contributed by atoms with Gasteiger partial charge in [-0.1, -0.05) is 19.8 Å². The molecule has 1 aliphatic heterocycles. The van der Waals surface area contributed by atoms with Crippen molar-refractivity contribution in [2.24, 2.45) is 11.8 Å². The zero-order valence-electron chi connectivity index (χ0n) is 10.7. The van der Waals surface area contributed by atoms with Gasteiger partial charge in [-0.2, -0.15) is 0 Å². The van der Waals surface area contributed by atoms with Crippen molar-refractivity contribution in [3.63, 3.8) is 0 Å². The zero-order valence-corrected chi connectivity index (χ0v) is 10.7. The average molecular weight is 227 g/mol. The minimum absolute atomic E-state index is 0.0504. The van der Waals surface area contributed by atoms with Crippen LogP contribution in [-0.2, 0) is 4.79 Å². The summed E-state index contributed by atoms with van der Waals surface area (Å²) < 4.78 is 0. The standard InChI is InChI=1S/C12H25N3O/c1-9-7-5-4-6-8-15(9)11(3)10(2)12(16)14-13/h9-11H,4-8,13H2,1-3H3,(H,14,16). The van der Waals surface area contributed by atoms with Gasteiger partial charge in [0.15, 0.2) is 0 Å². The number of amides is 1. The van der Waals surface area contributed by atoms with E-state index >= 15 is 0 Å². The molecule has 4 heteroatoms. The van der Waals surface area contributed by atoms with Gasteiger partial charge in [-0.3, -0.25) is 15.1 Å². The van der Waals surface area contributed by atoms with Crippen LogP contribution in [0.25, 0.3) is 0 Å². The fraction of sp³-hybridized carbons (Fsp3) is 0.917. The molecule has 0 spiro atoms. The normalized spacial score (nSPS) is 26.9. The molecule has 16 heavy (non-hydrogen) atoms. The SMILES string of the molecule is CC(C(=O)NN)C(C)N1CCCCCC1C. The third-order valence-corrected chi connectivity index (χ3v) is 3.91. The van der Waals surface area contributed by atoms with Crippen LogP contribution in [0.2, 0.25) is 0 Å². The van der Waals surface area contributed by atoms with Crippen molar-refractivity contribution in [3.8, 4) is 0 Å². The van der Waals surface area contributed by atoms with E-state index in [2.05, 4.69) is 24.2 Å². The fourth-order valence-corrected chi connectivity index (χ4v) is 2.54. The first-order chi connectivity index (χ1) is 7.57. The molecule has 0 saturated carbocycles. The Labute approximate surface area is 98.5 Å². The van der Waals surface area contributed by atoms with Crippen LogP contribution in [0.1, 0.15) is 46.5 Å². The van der Waals surface area contributed by atoms with E-state index < -0.39 is 0 Å². The van der Waals surface area contributed by atoms with Crippen molar-refractivity contribution in [1.82, 2.24) is 10.3 Å². The predicted octanol–water partition coefficient (Wildman–Crippen LogP) is 1.27. The lowest BCUT2D eigenvalue weighted by atomic mass is 9.99. The molecule has 1 rings (SSSR count). The van der Waals surface area contributed by atoms with E-state index in [1.807, 2.05) is 6.92 Å². The van der Waals surface area contributed by atoms with E-state index in [1.54, 1.807) is 0 Å². The molecule has 0 radical (unpaired) electrons. The van der Waals surface area contributed by atoms with E-state index in [-0.39, 0.29) is 17.9 Å². The van der Waals surface area contributed by atoms with Crippen molar-refractivity contribution in [1.29, 1.82) is 0 Å². The van der Waals surface area contributed by atoms with E-state index in [4.69, 9.17) is 5.84 Å². The summed E-state index contributed by atoms with van der Waals surface area (Å²) in [5, 5.41) is 0. The molecule has 94 valence electrons. The Bertz CT molecular complexity index is 232. The van der Waals surface area contributed by atoms with Crippen LogP contribution in [0.4, 0.5) is 0 Å². The molecule has 1 fully saturated rings. The van der Waals surface area contributed by atoms with Crippen LogP contribution in [0.5, 0.6) is 0 Å². The number of hydrogen-bond acceptors (Lipinski definition) is 3. The minimum atomic E-state index is -0.0658. The molecular formula is C12H25N3O. The second-order valence-electron chi connectivity index (χ2n) is 4.97. The summed E-state index contributed by atoms with van der Waals surface area (Å²) in [5.41, 5.74) is 2.25. The van der Waals surface area contributed by atoms with Gasteiger partial charge in [0.2, 0.25) is 5.91 Å². The molecule has 1 heterocycles. The highest BCUT2D eigenvalue weighted by Gasteiger charge is 2.28. The van der Waals surface area contributed by atoms with E-state index in [0.717, 1.165) is 6.54 Å². The first-order valence-electron chi connectivity index (χ1n) is 6.34. The lowest BCUT2D eigenvalue weighted by Crippen LogP contribution is -2.48. The number of carbonyl (C=O) groups excluding carboxylic acids is 1. The molecular weight excluding hydrogens is 202 g/mol. The van der Waals surface area contributed by atoms with Gasteiger partial charge in [-0.15, -0.1) is 0 Å². The van der Waals surface area contributed by atoms with Crippen molar-refractivity contribution >= 4 is 5.91 Å². The third-order valence-electron chi connectivity index (χ3n) is 3.91. The summed E-state index contributed by atoms with van der Waals surface area (Å²) in [6.45, 7) is 7.44. The molecule has 0 bridgehead atoms. The summed E-state index contributed by atoms with van der Waals surface area (Å²) in [4.78, 5) is 14.0. The van der Waals surface area contributed by atoms with Gasteiger partial charge < -0.3 is 0 Å². The summed E-state index contributed by atoms with van der Waals surface area (Å²) in [7, 11) is 0. The largest absolute Gasteiger partial charge is 0.297 e. The first-order valence-corrected chi connectivity index (χ1v) is 6.34. The molecule has 0 aromatic rings. The first kappa shape index (κ1) is 13.5. The van der Waals surface area contributed by atoms with E-state index in [0.29, 0.717) is 6.04 Å². The molecule has 1 aliphatic rings. The maximum Gasteiger partial charge on any atom is 0.238 e. The van der Waals surface area contributed by atoms with Crippen LogP contribution in [0.15, 0.2) is 0 Å². The number of rotatable bonds is 3. The Balaban J connectivity index is 2.62. The number of hydrazine groups is 1. The number of carbonyl (C=O) groups is 1. The molecule has 1 amide bonds. The van der Waals surface area contributed by atoms with Gasteiger partial charge in [0.1, 0.15) is 0 Å². The van der Waals surface area contributed by atoms with Gasteiger partial charge in [0, 0.05) is 12.1 Å². The summed E-state index contributed by atoms with van der Waals surface area (Å²) >= 11 is 0. The number of nitrogens with one attached hydrogen (secondary N) is 1. The molecule has 3 unspecified atom stereocenters. The number of hydrogen-bond donors (Lipinski definition) is 2. The molecule has 3 atom stereocenters. The lowest BCUT2D eigenvalue weighted by molar-refractivity contribution is -0.126. The molecule has 0 aliphatic carbocycles. The summed E-state index contributed by atoms with van der Waals surface area (Å²) in [6, 6.07) is 0.835. The highest BCUT2D eigenvalue weighted by atomic mass is 16.2. The molecule has 1 saturated heterocycles. The summed E-state index contributed by atoms with van der Waals surface area (Å²) in [6.07, 6.45) is 5.10. The van der Waals surface area contributed by atoms with Gasteiger partial charge in [0.25, 0.3) is 0 Å². The number of nitrogens with zero attached hydrogens (tertiary/aromatic N) is 1. The average Bonchev–Trinajstić information content (AvgIpc) is 2.51. The lowest BCUT2D eigenvalue weighted by Gasteiger charge is -2.35. The van der Waals surface area contributed by atoms with Crippen molar-refractivity contribution < 1.29 is 4.79 Å². The number of likely N-dealkylation sites (tertiary alicyclic amines) is 1. The zero-order chi connectivity index (χ0) is 12.1. The maximum absolute atomic E-state index is 11.5. The summed E-state index contributed by atoms with van der Waals surface area (Å²) in [5.74, 6) is 5.07. The third kappa shape index (κ3) is 3.19. The fourth-order valence-electron chi connectivity index (χ4n) is 2.54. The second kappa shape index (κ2) is 6.21. The van der Waals surface area contributed by atoms with Crippen molar-refractivity contribution in [3.05, 3.63) is 0 Å². The predicted molar refractivity (Wildman–Crippen MR) is 65.6 cm³/mol. The van der Waals surface area contributed by atoms with Crippen LogP contribution < -0.4 is 11.3 Å². The van der Waals surface area contributed by atoms with Crippen LogP contribution >= 0.6 is 0 Å². The van der Waals surface area contributed by atoms with Gasteiger partial charge >= 0.3 is 0 Å². The van der Waals surface area contributed by atoms with Crippen molar-refractivity contribution in [2.45, 2.75) is 58.5 Å². The molecule has 0 aromatic heterocycles. The quantitative estimate of drug-likeness (QED) is 0.433. The van der Waals surface area contributed by atoms with E-state index in [9.17, 15) is 4.79 Å². The molecule has 3 N–H and O–H groups in total. The monoisotopic (exact) mass is 227 g/mol. The van der Waals surface area contributed by atoms with Gasteiger partial charge in [-0.05, 0) is 33.2 Å². The smallest absolute Gasteiger partial charge is 0.238 e. The van der Waals surface area contributed by atoms with Crippen LogP contribution in [-0.4, -0.2) is 29.4 Å². The Kier molecular flexibility index (Phi) is 5.22.